The summed E-state index contributed by atoms with van der Waals surface area (Å²) in [4.78, 5) is 9.59. The van der Waals surface area contributed by atoms with Crippen molar-refractivity contribution in [2.75, 3.05) is 31.1 Å². The third-order valence-corrected chi connectivity index (χ3v) is 4.36. The van der Waals surface area contributed by atoms with Crippen molar-refractivity contribution in [1.29, 1.82) is 0 Å². The number of para-hydroxylation sites is 2. The predicted octanol–water partition coefficient (Wildman–Crippen LogP) is 2.50. The number of rotatable bonds is 1. The van der Waals surface area contributed by atoms with Crippen LogP contribution in [0.3, 0.4) is 0 Å². The Balaban J connectivity index is 1.63. The Kier molecular flexibility index (Phi) is 2.69. The fourth-order valence-corrected chi connectivity index (χ4v) is 3.38. The fourth-order valence-electron chi connectivity index (χ4n) is 3.38. The van der Waals surface area contributed by atoms with Gasteiger partial charge >= 0.3 is 0 Å². The molecule has 2 aliphatic rings. The molecule has 0 N–H and O–H groups in total. The van der Waals surface area contributed by atoms with Crippen LogP contribution in [0.2, 0.25) is 0 Å². The van der Waals surface area contributed by atoms with Gasteiger partial charge in [-0.2, -0.15) is 4.98 Å². The van der Waals surface area contributed by atoms with Crippen LogP contribution in [0.25, 0.3) is 11.1 Å². The van der Waals surface area contributed by atoms with Gasteiger partial charge in [-0.3, -0.25) is 4.90 Å². The second-order valence-corrected chi connectivity index (χ2v) is 5.60. The highest BCUT2D eigenvalue weighted by atomic mass is 16.4. The van der Waals surface area contributed by atoms with Gasteiger partial charge in [0.25, 0.3) is 6.01 Å². The first-order valence-electron chi connectivity index (χ1n) is 7.25. The number of benzene rings is 1. The number of nitrogens with zero attached hydrogens (tertiary/aromatic N) is 3. The Hall–Kier alpha value is -1.55. The molecule has 3 heterocycles. The lowest BCUT2D eigenvalue weighted by Crippen LogP contribution is -2.36. The molecule has 1 aromatic heterocycles. The van der Waals surface area contributed by atoms with Crippen LogP contribution in [-0.4, -0.2) is 42.1 Å². The summed E-state index contributed by atoms with van der Waals surface area (Å²) >= 11 is 0. The molecular formula is C15H19N3O. The van der Waals surface area contributed by atoms with Gasteiger partial charge in [0.15, 0.2) is 5.58 Å². The highest BCUT2D eigenvalue weighted by molar-refractivity contribution is 5.74. The Morgan fingerprint density at radius 3 is 2.95 bits per heavy atom. The van der Waals surface area contributed by atoms with Crippen molar-refractivity contribution in [3.8, 4) is 0 Å². The van der Waals surface area contributed by atoms with Crippen molar-refractivity contribution in [2.45, 2.75) is 25.3 Å². The van der Waals surface area contributed by atoms with E-state index < -0.39 is 0 Å². The van der Waals surface area contributed by atoms with Crippen molar-refractivity contribution in [3.63, 3.8) is 0 Å². The minimum Gasteiger partial charge on any atom is -0.423 e. The normalized spacial score (nSPS) is 24.6. The molecular weight excluding hydrogens is 238 g/mol. The van der Waals surface area contributed by atoms with E-state index in [1.807, 2.05) is 24.3 Å². The number of fused-ring (bicyclic) bond motifs is 2. The Labute approximate surface area is 113 Å². The first kappa shape index (κ1) is 11.3. The number of anilines is 1. The lowest BCUT2D eigenvalue weighted by molar-refractivity contribution is 0.272. The lowest BCUT2D eigenvalue weighted by Gasteiger charge is -2.24. The van der Waals surface area contributed by atoms with E-state index in [-0.39, 0.29) is 0 Å². The Morgan fingerprint density at radius 2 is 2.00 bits per heavy atom. The van der Waals surface area contributed by atoms with Crippen molar-refractivity contribution >= 4 is 17.1 Å². The number of hydrogen-bond acceptors (Lipinski definition) is 4. The molecule has 2 fully saturated rings. The van der Waals surface area contributed by atoms with Gasteiger partial charge in [0.1, 0.15) is 5.52 Å². The van der Waals surface area contributed by atoms with Crippen molar-refractivity contribution in [2.24, 2.45) is 0 Å². The van der Waals surface area contributed by atoms with Crippen LogP contribution < -0.4 is 4.90 Å². The van der Waals surface area contributed by atoms with Gasteiger partial charge in [-0.1, -0.05) is 12.1 Å². The summed E-state index contributed by atoms with van der Waals surface area (Å²) in [6, 6.07) is 9.51. The third kappa shape index (κ3) is 2.00. The zero-order valence-corrected chi connectivity index (χ0v) is 11.1. The van der Waals surface area contributed by atoms with Crippen molar-refractivity contribution < 1.29 is 4.42 Å². The molecule has 4 heteroatoms. The van der Waals surface area contributed by atoms with Crippen LogP contribution in [-0.2, 0) is 0 Å². The smallest absolute Gasteiger partial charge is 0.298 e. The quantitative estimate of drug-likeness (QED) is 0.786. The van der Waals surface area contributed by atoms with E-state index in [0.717, 1.165) is 30.2 Å². The minimum atomic E-state index is 0.692. The highest BCUT2D eigenvalue weighted by Gasteiger charge is 2.30. The predicted molar refractivity (Wildman–Crippen MR) is 75.4 cm³/mol. The van der Waals surface area contributed by atoms with Crippen molar-refractivity contribution in [1.82, 2.24) is 9.88 Å². The first-order chi connectivity index (χ1) is 9.40. The summed E-state index contributed by atoms with van der Waals surface area (Å²) in [7, 11) is 0. The van der Waals surface area contributed by atoms with Gasteiger partial charge in [0.2, 0.25) is 0 Å². The molecule has 0 spiro atoms. The molecule has 1 atom stereocenters. The van der Waals surface area contributed by atoms with Crippen LogP contribution in [0.5, 0.6) is 0 Å². The minimum absolute atomic E-state index is 0.692. The Morgan fingerprint density at radius 1 is 1.11 bits per heavy atom. The van der Waals surface area contributed by atoms with E-state index in [9.17, 15) is 0 Å². The molecule has 2 aliphatic heterocycles. The zero-order chi connectivity index (χ0) is 12.7. The van der Waals surface area contributed by atoms with Gasteiger partial charge in [-0.15, -0.1) is 0 Å². The van der Waals surface area contributed by atoms with Gasteiger partial charge in [0.05, 0.1) is 0 Å². The maximum absolute atomic E-state index is 5.91. The fraction of sp³-hybridized carbons (Fsp3) is 0.533. The van der Waals surface area contributed by atoms with Gasteiger partial charge in [-0.05, 0) is 37.9 Å². The summed E-state index contributed by atoms with van der Waals surface area (Å²) in [5.74, 6) is 0. The summed E-state index contributed by atoms with van der Waals surface area (Å²) in [5.41, 5.74) is 1.86. The SMILES string of the molecule is c1ccc2oc(N3CCCN4CCCC4C3)nc2c1. The summed E-state index contributed by atoms with van der Waals surface area (Å²) in [5, 5.41) is 0. The van der Waals surface area contributed by atoms with E-state index in [1.54, 1.807) is 0 Å². The van der Waals surface area contributed by atoms with E-state index in [1.165, 1.54) is 32.4 Å². The number of hydrogen-bond donors (Lipinski definition) is 0. The van der Waals surface area contributed by atoms with E-state index >= 15 is 0 Å². The molecule has 0 amide bonds. The summed E-state index contributed by atoms with van der Waals surface area (Å²) in [6.07, 6.45) is 3.86. The van der Waals surface area contributed by atoms with Crippen LogP contribution in [0.4, 0.5) is 6.01 Å². The Bertz CT molecular complexity index is 547. The molecule has 100 valence electrons. The van der Waals surface area contributed by atoms with Crippen LogP contribution >= 0.6 is 0 Å². The molecule has 0 aliphatic carbocycles. The maximum atomic E-state index is 5.91. The molecule has 2 saturated heterocycles. The highest BCUT2D eigenvalue weighted by Crippen LogP contribution is 2.26. The molecule has 4 nitrogen and oxygen atoms in total. The maximum Gasteiger partial charge on any atom is 0.298 e. The number of oxazole rings is 1. The molecule has 0 radical (unpaired) electrons. The molecule has 4 rings (SSSR count). The van der Waals surface area contributed by atoms with Gasteiger partial charge in [0, 0.05) is 25.7 Å². The lowest BCUT2D eigenvalue weighted by atomic mass is 10.2. The van der Waals surface area contributed by atoms with E-state index in [4.69, 9.17) is 4.42 Å². The molecule has 2 aromatic rings. The largest absolute Gasteiger partial charge is 0.423 e. The molecule has 0 bridgehead atoms. The summed E-state index contributed by atoms with van der Waals surface area (Å²) < 4.78 is 5.91. The summed E-state index contributed by atoms with van der Waals surface area (Å²) in [6.45, 7) is 4.61. The first-order valence-corrected chi connectivity index (χ1v) is 7.25. The molecule has 1 unspecified atom stereocenters. The molecule has 0 saturated carbocycles. The second-order valence-electron chi connectivity index (χ2n) is 5.60. The standard InChI is InChI=1S/C15H19N3O/c1-2-7-14-13(6-1)16-15(19-14)18-10-4-9-17-8-3-5-12(17)11-18/h1-2,6-7,12H,3-5,8-11H2. The average Bonchev–Trinajstić information content (AvgIpc) is 3.00. The van der Waals surface area contributed by atoms with Crippen LogP contribution in [0.1, 0.15) is 19.3 Å². The van der Waals surface area contributed by atoms with E-state index in [0.29, 0.717) is 6.04 Å². The number of aromatic nitrogens is 1. The zero-order valence-electron chi connectivity index (χ0n) is 11.1. The topological polar surface area (TPSA) is 32.5 Å². The van der Waals surface area contributed by atoms with Crippen LogP contribution in [0, 0.1) is 0 Å². The monoisotopic (exact) mass is 257 g/mol. The van der Waals surface area contributed by atoms with E-state index in [2.05, 4.69) is 14.8 Å². The third-order valence-electron chi connectivity index (χ3n) is 4.36. The average molecular weight is 257 g/mol. The van der Waals surface area contributed by atoms with Crippen LogP contribution in [0.15, 0.2) is 28.7 Å². The molecule has 1 aromatic carbocycles. The van der Waals surface area contributed by atoms with Crippen molar-refractivity contribution in [3.05, 3.63) is 24.3 Å². The molecule has 19 heavy (non-hydrogen) atoms. The second kappa shape index (κ2) is 4.53. The van der Waals surface area contributed by atoms with Gasteiger partial charge < -0.3 is 9.32 Å². The van der Waals surface area contributed by atoms with Gasteiger partial charge in [-0.25, -0.2) is 0 Å².